The van der Waals surface area contributed by atoms with Crippen LogP contribution in [0.5, 0.6) is 0 Å². The van der Waals surface area contributed by atoms with E-state index in [4.69, 9.17) is 0 Å². The summed E-state index contributed by atoms with van der Waals surface area (Å²) in [5.41, 5.74) is 1.28. The van der Waals surface area contributed by atoms with E-state index in [0.717, 1.165) is 5.69 Å². The zero-order valence-corrected chi connectivity index (χ0v) is 14.9. The Morgan fingerprint density at radius 3 is 2.32 bits per heavy atom. The number of hydrogen-bond acceptors (Lipinski definition) is 4. The van der Waals surface area contributed by atoms with Crippen LogP contribution in [0.2, 0.25) is 0 Å². The highest BCUT2D eigenvalue weighted by molar-refractivity contribution is 7.10. The highest BCUT2D eigenvalue weighted by Gasteiger charge is 2.37. The first-order valence-corrected chi connectivity index (χ1v) is 8.68. The number of rotatable bonds is 1. The topological polar surface area (TPSA) is 36.4 Å². The van der Waals surface area contributed by atoms with E-state index in [-0.39, 0.29) is 11.2 Å². The van der Waals surface area contributed by atoms with Gasteiger partial charge in [0, 0.05) is 24.0 Å². The summed E-state index contributed by atoms with van der Waals surface area (Å²) in [5.74, 6) is -0.507. The molecule has 0 radical (unpaired) electrons. The summed E-state index contributed by atoms with van der Waals surface area (Å²) < 4.78 is 38.2. The summed E-state index contributed by atoms with van der Waals surface area (Å²) in [6.07, 6.45) is -4.54. The maximum atomic E-state index is 12.7. The largest absolute Gasteiger partial charge is 0.443 e. The van der Waals surface area contributed by atoms with Gasteiger partial charge in [-0.25, -0.2) is 4.98 Å². The van der Waals surface area contributed by atoms with Gasteiger partial charge in [-0.3, -0.25) is 4.79 Å². The number of amides is 1. The molecule has 0 bridgehead atoms. The Labute approximate surface area is 147 Å². The second kappa shape index (κ2) is 6.01. The molecule has 0 spiro atoms. The number of alkyl halides is 3. The lowest BCUT2D eigenvalue weighted by Crippen LogP contribution is -2.51. The van der Waals surface area contributed by atoms with Crippen LogP contribution in [0.1, 0.15) is 36.3 Å². The van der Waals surface area contributed by atoms with Gasteiger partial charge in [-0.1, -0.05) is 12.1 Å². The van der Waals surface area contributed by atoms with Crippen LogP contribution in [0.15, 0.2) is 29.6 Å². The zero-order valence-electron chi connectivity index (χ0n) is 14.1. The van der Waals surface area contributed by atoms with E-state index in [1.54, 1.807) is 0 Å². The summed E-state index contributed by atoms with van der Waals surface area (Å²) in [4.78, 5) is 19.9. The predicted molar refractivity (Wildman–Crippen MR) is 92.3 cm³/mol. The number of carbonyl (C=O) groups is 1. The first-order valence-electron chi connectivity index (χ1n) is 7.80. The standard InChI is InChI=1S/C17H18F3N3OS/c1-16(2,3)23-9-8-22(12-6-4-5-7-13(12)23)14(24)11-10-25-15(21-11)17(18,19)20/h4-7,10H,8-9H2,1-3H3. The van der Waals surface area contributed by atoms with Crippen molar-refractivity contribution in [1.82, 2.24) is 4.98 Å². The number of thiazole rings is 1. The number of hydrogen-bond donors (Lipinski definition) is 0. The Kier molecular flexibility index (Phi) is 4.26. The van der Waals surface area contributed by atoms with Gasteiger partial charge in [0.05, 0.1) is 11.4 Å². The summed E-state index contributed by atoms with van der Waals surface area (Å²) >= 11 is 0.441. The first-order chi connectivity index (χ1) is 11.6. The minimum Gasteiger partial charge on any atom is -0.363 e. The van der Waals surface area contributed by atoms with Gasteiger partial charge in [-0.15, -0.1) is 11.3 Å². The third kappa shape index (κ3) is 3.35. The average Bonchev–Trinajstić information content (AvgIpc) is 3.02. The average molecular weight is 369 g/mol. The number of anilines is 2. The van der Waals surface area contributed by atoms with Gasteiger partial charge in [-0.05, 0) is 32.9 Å². The number of benzene rings is 1. The van der Waals surface area contributed by atoms with Gasteiger partial charge in [0.1, 0.15) is 5.69 Å². The molecule has 4 nitrogen and oxygen atoms in total. The Morgan fingerprint density at radius 2 is 1.76 bits per heavy atom. The van der Waals surface area contributed by atoms with Crippen molar-refractivity contribution in [2.45, 2.75) is 32.5 Å². The van der Waals surface area contributed by atoms with E-state index in [2.05, 4.69) is 30.7 Å². The molecule has 1 aliphatic heterocycles. The van der Waals surface area contributed by atoms with Crippen LogP contribution in [0.25, 0.3) is 0 Å². The second-order valence-corrected chi connectivity index (χ2v) is 7.66. The highest BCUT2D eigenvalue weighted by atomic mass is 32.1. The molecule has 1 amide bonds. The number of fused-ring (bicyclic) bond motifs is 1. The van der Waals surface area contributed by atoms with E-state index >= 15 is 0 Å². The Morgan fingerprint density at radius 1 is 1.12 bits per heavy atom. The number of nitrogens with zero attached hydrogens (tertiary/aromatic N) is 3. The van der Waals surface area contributed by atoms with E-state index in [1.807, 2.05) is 24.3 Å². The molecule has 1 aliphatic rings. The smallest absolute Gasteiger partial charge is 0.363 e. The lowest BCUT2D eigenvalue weighted by Gasteiger charge is -2.44. The number of aromatic nitrogens is 1. The van der Waals surface area contributed by atoms with Crippen LogP contribution in [0.4, 0.5) is 24.5 Å². The predicted octanol–water partition coefficient (Wildman–Crippen LogP) is 4.43. The molecular formula is C17H18F3N3OS. The molecule has 0 atom stereocenters. The lowest BCUT2D eigenvalue weighted by atomic mass is 10.0. The number of carbonyl (C=O) groups excluding carboxylic acids is 1. The van der Waals surface area contributed by atoms with Crippen LogP contribution in [-0.2, 0) is 6.18 Å². The van der Waals surface area contributed by atoms with Crippen molar-refractivity contribution < 1.29 is 18.0 Å². The molecule has 0 unspecified atom stereocenters. The van der Waals surface area contributed by atoms with E-state index in [9.17, 15) is 18.0 Å². The van der Waals surface area contributed by atoms with Crippen molar-refractivity contribution in [2.24, 2.45) is 0 Å². The fourth-order valence-electron chi connectivity index (χ4n) is 2.91. The van der Waals surface area contributed by atoms with Gasteiger partial charge in [0.25, 0.3) is 5.91 Å². The third-order valence-electron chi connectivity index (χ3n) is 4.03. The van der Waals surface area contributed by atoms with Crippen LogP contribution < -0.4 is 9.80 Å². The van der Waals surface area contributed by atoms with Crippen molar-refractivity contribution in [3.8, 4) is 0 Å². The molecule has 2 aromatic rings. The zero-order chi connectivity index (χ0) is 18.4. The van der Waals surface area contributed by atoms with Crippen molar-refractivity contribution in [2.75, 3.05) is 22.9 Å². The quantitative estimate of drug-likeness (QED) is 0.746. The van der Waals surface area contributed by atoms with Gasteiger partial charge in [0.15, 0.2) is 5.01 Å². The molecule has 0 saturated carbocycles. The van der Waals surface area contributed by atoms with Crippen LogP contribution in [0, 0.1) is 0 Å². The van der Waals surface area contributed by atoms with Crippen molar-refractivity contribution in [3.63, 3.8) is 0 Å². The molecule has 1 aromatic carbocycles. The maximum absolute atomic E-state index is 12.7. The van der Waals surface area contributed by atoms with Crippen molar-refractivity contribution >= 4 is 28.6 Å². The van der Waals surface area contributed by atoms with Crippen molar-refractivity contribution in [3.05, 3.63) is 40.3 Å². The Bertz CT molecular complexity index is 795. The summed E-state index contributed by atoms with van der Waals surface area (Å²) in [5, 5.41) is 0.168. The molecule has 0 saturated heterocycles. The Hall–Kier alpha value is -2.09. The number of halogens is 3. The molecule has 0 aliphatic carbocycles. The summed E-state index contributed by atoms with van der Waals surface area (Å²) in [6.45, 7) is 7.24. The van der Waals surface area contributed by atoms with Crippen LogP contribution >= 0.6 is 11.3 Å². The summed E-state index contributed by atoms with van der Waals surface area (Å²) in [7, 11) is 0. The fourth-order valence-corrected chi connectivity index (χ4v) is 3.57. The van der Waals surface area contributed by atoms with Gasteiger partial charge < -0.3 is 9.80 Å². The normalized spacial score (nSPS) is 15.3. The van der Waals surface area contributed by atoms with E-state index in [0.29, 0.717) is 30.1 Å². The SMILES string of the molecule is CC(C)(C)N1CCN(C(=O)c2csc(C(F)(F)F)n2)c2ccccc21. The molecular weight excluding hydrogens is 351 g/mol. The maximum Gasteiger partial charge on any atom is 0.443 e. The Balaban J connectivity index is 1.95. The molecule has 8 heteroatoms. The molecule has 0 N–H and O–H groups in total. The molecule has 2 heterocycles. The van der Waals surface area contributed by atoms with Gasteiger partial charge >= 0.3 is 6.18 Å². The van der Waals surface area contributed by atoms with E-state index < -0.39 is 17.1 Å². The minimum absolute atomic E-state index is 0.130. The molecule has 25 heavy (non-hydrogen) atoms. The van der Waals surface area contributed by atoms with Gasteiger partial charge in [-0.2, -0.15) is 13.2 Å². The monoisotopic (exact) mass is 369 g/mol. The fraction of sp³-hybridized carbons (Fsp3) is 0.412. The minimum atomic E-state index is -4.54. The van der Waals surface area contributed by atoms with Gasteiger partial charge in [0.2, 0.25) is 0 Å². The molecule has 134 valence electrons. The van der Waals surface area contributed by atoms with E-state index in [1.165, 1.54) is 10.3 Å². The molecule has 0 fully saturated rings. The molecule has 1 aromatic heterocycles. The highest BCUT2D eigenvalue weighted by Crippen LogP contribution is 2.38. The first kappa shape index (κ1) is 17.7. The lowest BCUT2D eigenvalue weighted by molar-refractivity contribution is -0.137. The van der Waals surface area contributed by atoms with Crippen LogP contribution in [-0.4, -0.2) is 29.5 Å². The molecule has 3 rings (SSSR count). The second-order valence-electron chi connectivity index (χ2n) is 6.80. The number of para-hydroxylation sites is 2. The summed E-state index contributed by atoms with van der Waals surface area (Å²) in [6, 6.07) is 7.42. The van der Waals surface area contributed by atoms with Crippen molar-refractivity contribution in [1.29, 1.82) is 0 Å². The third-order valence-corrected chi connectivity index (χ3v) is 4.92. The van der Waals surface area contributed by atoms with Crippen LogP contribution in [0.3, 0.4) is 0 Å².